The topological polar surface area (TPSA) is 98.5 Å². The van der Waals surface area contributed by atoms with Crippen LogP contribution in [-0.2, 0) is 32.6 Å². The van der Waals surface area contributed by atoms with E-state index >= 15 is 0 Å². The first kappa shape index (κ1) is 28.4. The van der Waals surface area contributed by atoms with Gasteiger partial charge in [0, 0.05) is 12.0 Å². The third kappa shape index (κ3) is 4.74. The molecule has 40 heavy (non-hydrogen) atoms. The van der Waals surface area contributed by atoms with Gasteiger partial charge in [-0.1, -0.05) is 36.7 Å². The summed E-state index contributed by atoms with van der Waals surface area (Å²) in [5.74, 6) is -3.33. The number of carbonyl (C=O) groups is 3. The molecule has 1 aromatic carbocycles. The summed E-state index contributed by atoms with van der Waals surface area (Å²) in [6.07, 6.45) is -1.21. The lowest BCUT2D eigenvalue weighted by Gasteiger charge is -2.26. The van der Waals surface area contributed by atoms with Crippen molar-refractivity contribution < 1.29 is 37.4 Å². The molecule has 11 heteroatoms. The predicted octanol–water partition coefficient (Wildman–Crippen LogP) is 6.00. The molecule has 0 bridgehead atoms. The van der Waals surface area contributed by atoms with Crippen molar-refractivity contribution in [3.05, 3.63) is 57.4 Å². The van der Waals surface area contributed by atoms with Gasteiger partial charge >= 0.3 is 18.1 Å². The summed E-state index contributed by atoms with van der Waals surface area (Å²) in [6, 6.07) is 4.07. The van der Waals surface area contributed by atoms with Crippen molar-refractivity contribution in [1.82, 2.24) is 9.78 Å². The van der Waals surface area contributed by atoms with Crippen molar-refractivity contribution in [3.63, 3.8) is 0 Å². The maximum Gasteiger partial charge on any atom is 0.398 e. The maximum absolute atomic E-state index is 14.1. The summed E-state index contributed by atoms with van der Waals surface area (Å²) in [7, 11) is 0. The Balaban J connectivity index is 1.60. The van der Waals surface area contributed by atoms with Crippen molar-refractivity contribution in [3.8, 4) is 0 Å². The zero-order valence-electron chi connectivity index (χ0n) is 22.2. The lowest BCUT2D eigenvalue weighted by atomic mass is 9.79. The summed E-state index contributed by atoms with van der Waals surface area (Å²) in [6.45, 7) is 3.93. The van der Waals surface area contributed by atoms with Crippen LogP contribution in [0.3, 0.4) is 0 Å². The normalized spacial score (nSPS) is 23.6. The Morgan fingerprint density at radius 1 is 1.20 bits per heavy atom. The lowest BCUT2D eigenvalue weighted by Crippen LogP contribution is -2.32. The molecule has 2 unspecified atom stereocenters. The van der Waals surface area contributed by atoms with Gasteiger partial charge in [-0.15, -0.1) is 0 Å². The first-order chi connectivity index (χ1) is 18.9. The molecule has 0 spiro atoms. The number of aliphatic carboxylic acids is 1. The summed E-state index contributed by atoms with van der Waals surface area (Å²) in [5.41, 5.74) is -0.165. The van der Waals surface area contributed by atoms with Crippen LogP contribution in [0.1, 0.15) is 78.8 Å². The fourth-order valence-electron chi connectivity index (χ4n) is 6.19. The molecule has 7 nitrogen and oxygen atoms in total. The Hall–Kier alpha value is -3.14. The second-order valence-electron chi connectivity index (χ2n) is 11.0. The van der Waals surface area contributed by atoms with Crippen LogP contribution < -0.4 is 0 Å². The zero-order chi connectivity index (χ0) is 29.0. The summed E-state index contributed by atoms with van der Waals surface area (Å²) in [5, 5.41) is 14.2. The number of hydrogen-bond acceptors (Lipinski definition) is 5. The SMILES string of the molecule is CCOC(=O)C1CCC(c2nn(C(=O)c3c(Cl)cccc3C3(C(F)(F)F)CC3)c3c2CCC(C(=O)O)C3)=C[C@@H]1C. The van der Waals surface area contributed by atoms with Crippen LogP contribution in [0.5, 0.6) is 0 Å². The van der Waals surface area contributed by atoms with E-state index in [2.05, 4.69) is 5.10 Å². The van der Waals surface area contributed by atoms with Crippen LogP contribution in [0.4, 0.5) is 13.2 Å². The van der Waals surface area contributed by atoms with Crippen LogP contribution >= 0.6 is 11.6 Å². The van der Waals surface area contributed by atoms with Crippen LogP contribution in [-0.4, -0.2) is 45.5 Å². The largest absolute Gasteiger partial charge is 0.481 e. The van der Waals surface area contributed by atoms with Gasteiger partial charge in [0.1, 0.15) is 0 Å². The van der Waals surface area contributed by atoms with E-state index in [4.69, 9.17) is 16.3 Å². The molecule has 0 saturated heterocycles. The highest BCUT2D eigenvalue weighted by atomic mass is 35.5. The molecule has 1 fully saturated rings. The molecule has 0 radical (unpaired) electrons. The third-order valence-electron chi connectivity index (χ3n) is 8.57. The van der Waals surface area contributed by atoms with E-state index in [9.17, 15) is 32.7 Å². The van der Waals surface area contributed by atoms with Gasteiger partial charge in [0.25, 0.3) is 5.91 Å². The number of alkyl halides is 3. The number of aromatic nitrogens is 2. The predicted molar refractivity (Wildman–Crippen MR) is 140 cm³/mol. The Morgan fingerprint density at radius 3 is 2.52 bits per heavy atom. The molecule has 1 saturated carbocycles. The molecular formula is C29H30ClF3N2O5. The Labute approximate surface area is 234 Å². The number of ether oxygens (including phenoxy) is 1. The van der Waals surface area contributed by atoms with E-state index in [0.717, 1.165) is 10.3 Å². The highest BCUT2D eigenvalue weighted by molar-refractivity contribution is 6.34. The molecule has 1 heterocycles. The number of fused-ring (bicyclic) bond motifs is 1. The van der Waals surface area contributed by atoms with Crippen molar-refractivity contribution >= 4 is 35.0 Å². The van der Waals surface area contributed by atoms with Crippen LogP contribution in [0.25, 0.3) is 5.57 Å². The minimum Gasteiger partial charge on any atom is -0.481 e. The molecule has 0 aliphatic heterocycles. The number of carboxylic acids is 1. The monoisotopic (exact) mass is 578 g/mol. The van der Waals surface area contributed by atoms with Gasteiger partial charge in [0.15, 0.2) is 0 Å². The summed E-state index contributed by atoms with van der Waals surface area (Å²) < 4.78 is 48.6. The van der Waals surface area contributed by atoms with Crippen molar-refractivity contribution in [2.45, 2.75) is 70.4 Å². The molecular weight excluding hydrogens is 549 g/mol. The number of carbonyl (C=O) groups excluding carboxylic acids is 2. The first-order valence-electron chi connectivity index (χ1n) is 13.5. The van der Waals surface area contributed by atoms with Gasteiger partial charge in [-0.2, -0.15) is 23.0 Å². The van der Waals surface area contributed by atoms with Gasteiger partial charge in [-0.25, -0.2) is 0 Å². The molecule has 5 rings (SSSR count). The fraction of sp³-hybridized carbons (Fsp3) is 0.517. The summed E-state index contributed by atoms with van der Waals surface area (Å²) in [4.78, 5) is 38.3. The van der Waals surface area contributed by atoms with Crippen LogP contribution in [0, 0.1) is 17.8 Å². The van der Waals surface area contributed by atoms with E-state index in [0.29, 0.717) is 42.6 Å². The van der Waals surface area contributed by atoms with Gasteiger partial charge in [0.2, 0.25) is 0 Å². The van der Waals surface area contributed by atoms with Crippen molar-refractivity contribution in [2.24, 2.45) is 17.8 Å². The molecule has 1 aromatic heterocycles. The smallest absolute Gasteiger partial charge is 0.398 e. The molecule has 3 atom stereocenters. The number of halogens is 4. The Morgan fingerprint density at radius 2 is 1.93 bits per heavy atom. The molecule has 0 amide bonds. The quantitative estimate of drug-likeness (QED) is 0.422. The highest BCUT2D eigenvalue weighted by Crippen LogP contribution is 2.60. The zero-order valence-corrected chi connectivity index (χ0v) is 22.9. The van der Waals surface area contributed by atoms with E-state index in [-0.39, 0.29) is 59.8 Å². The minimum atomic E-state index is -4.56. The fourth-order valence-corrected chi connectivity index (χ4v) is 6.45. The van der Waals surface area contributed by atoms with E-state index in [1.807, 2.05) is 13.0 Å². The Bertz CT molecular complexity index is 1410. The third-order valence-corrected chi connectivity index (χ3v) is 8.88. The molecule has 214 valence electrons. The number of nitrogens with zero attached hydrogens (tertiary/aromatic N) is 2. The van der Waals surface area contributed by atoms with Gasteiger partial charge in [-0.05, 0) is 68.6 Å². The number of rotatable bonds is 6. The van der Waals surface area contributed by atoms with E-state index in [1.165, 1.54) is 18.2 Å². The number of benzene rings is 1. The number of carboxylic acid groups (broad SMARTS) is 1. The average Bonchev–Trinajstić information content (AvgIpc) is 3.64. The van der Waals surface area contributed by atoms with Crippen LogP contribution in [0.2, 0.25) is 5.02 Å². The van der Waals surface area contributed by atoms with E-state index < -0.39 is 29.4 Å². The molecule has 2 aromatic rings. The molecule has 3 aliphatic carbocycles. The van der Waals surface area contributed by atoms with Gasteiger partial charge < -0.3 is 9.84 Å². The number of esters is 1. The number of hydrogen-bond donors (Lipinski definition) is 1. The van der Waals surface area contributed by atoms with E-state index in [1.54, 1.807) is 6.92 Å². The second-order valence-corrected chi connectivity index (χ2v) is 11.4. The van der Waals surface area contributed by atoms with Gasteiger partial charge in [0.05, 0.1) is 45.8 Å². The minimum absolute atomic E-state index is 0.0158. The standard InChI is InChI=1S/C29H30ClF3N2O5/c1-3-40-27(39)18-9-7-16(13-15(18)2)24-19-10-8-17(26(37)38)14-22(19)35(34-24)25(36)23-20(5-4-6-21(23)30)28(11-12-28)29(31,32)33/h4-6,13,15,17-18H,3,7-12,14H2,1-2H3,(H,37,38)/t15-,17?,18?/m0/s1. The highest BCUT2D eigenvalue weighted by Gasteiger charge is 2.65. The molecule has 3 aliphatic rings. The summed E-state index contributed by atoms with van der Waals surface area (Å²) >= 11 is 6.39. The average molecular weight is 579 g/mol. The van der Waals surface area contributed by atoms with Crippen LogP contribution in [0.15, 0.2) is 24.3 Å². The second kappa shape index (κ2) is 10.4. The molecule has 1 N–H and O–H groups in total. The van der Waals surface area contributed by atoms with Crippen molar-refractivity contribution in [2.75, 3.05) is 6.61 Å². The van der Waals surface area contributed by atoms with Crippen molar-refractivity contribution in [1.29, 1.82) is 0 Å². The maximum atomic E-state index is 14.1. The first-order valence-corrected chi connectivity index (χ1v) is 13.9. The number of allylic oxidation sites excluding steroid dienone is 2. The van der Waals surface area contributed by atoms with Gasteiger partial charge in [-0.3, -0.25) is 14.4 Å². The Kier molecular flexibility index (Phi) is 7.35. The lowest BCUT2D eigenvalue weighted by molar-refractivity contribution is -0.160.